The fraction of sp³-hybridized carbons (Fsp3) is 0.462. The number of piperidine rings is 1. The third-order valence-electron chi connectivity index (χ3n) is 3.09. The lowest BCUT2D eigenvalue weighted by molar-refractivity contribution is -0.120. The van der Waals surface area contributed by atoms with Crippen LogP contribution in [0.2, 0.25) is 5.02 Å². The molecule has 1 atom stereocenters. The standard InChI is InChI=1S/C13H17ClN2OS.ClH/c1-18-12-5-4-10(7-11(12)14)16-13(17)9-3-2-6-15-8-9;/h4-5,7,9,15H,2-3,6,8H2,1H3,(H,16,17);1H. The molecule has 1 heterocycles. The molecule has 0 radical (unpaired) electrons. The molecule has 2 N–H and O–H groups in total. The van der Waals surface area contributed by atoms with Crippen molar-refractivity contribution in [2.45, 2.75) is 17.7 Å². The van der Waals surface area contributed by atoms with Gasteiger partial charge in [0.05, 0.1) is 10.9 Å². The second-order valence-corrected chi connectivity index (χ2v) is 5.64. The smallest absolute Gasteiger partial charge is 0.228 e. The molecule has 3 nitrogen and oxygen atoms in total. The van der Waals surface area contributed by atoms with Crippen LogP contribution in [0.25, 0.3) is 0 Å². The molecule has 1 unspecified atom stereocenters. The molecule has 0 spiro atoms. The van der Waals surface area contributed by atoms with Gasteiger partial charge in [-0.25, -0.2) is 0 Å². The first-order valence-electron chi connectivity index (χ1n) is 6.06. The van der Waals surface area contributed by atoms with Crippen molar-refractivity contribution in [2.24, 2.45) is 5.92 Å². The van der Waals surface area contributed by atoms with Crippen LogP contribution in [0.3, 0.4) is 0 Å². The lowest BCUT2D eigenvalue weighted by atomic mass is 9.99. The first-order valence-corrected chi connectivity index (χ1v) is 7.66. The van der Waals surface area contributed by atoms with Crippen LogP contribution < -0.4 is 10.6 Å². The Morgan fingerprint density at radius 1 is 1.53 bits per heavy atom. The minimum Gasteiger partial charge on any atom is -0.326 e. The highest BCUT2D eigenvalue weighted by Crippen LogP contribution is 2.28. The van der Waals surface area contributed by atoms with E-state index in [1.165, 1.54) is 0 Å². The van der Waals surface area contributed by atoms with Gasteiger partial charge in [-0.3, -0.25) is 4.79 Å². The molecule has 0 aromatic heterocycles. The SMILES string of the molecule is CSc1ccc(NC(=O)C2CCCNC2)cc1Cl.Cl. The van der Waals surface area contributed by atoms with Crippen LogP contribution in [0.15, 0.2) is 23.1 Å². The summed E-state index contributed by atoms with van der Waals surface area (Å²) in [5.74, 6) is 0.146. The maximum absolute atomic E-state index is 12.0. The Balaban J connectivity index is 0.00000180. The number of hydrogen-bond acceptors (Lipinski definition) is 3. The second kappa shape index (κ2) is 8.00. The lowest BCUT2D eigenvalue weighted by Gasteiger charge is -2.22. The quantitative estimate of drug-likeness (QED) is 0.838. The number of carbonyl (C=O) groups is 1. The predicted molar refractivity (Wildman–Crippen MR) is 84.7 cm³/mol. The van der Waals surface area contributed by atoms with Crippen LogP contribution in [0, 0.1) is 5.92 Å². The summed E-state index contributed by atoms with van der Waals surface area (Å²) in [7, 11) is 0. The highest BCUT2D eigenvalue weighted by atomic mass is 35.5. The van der Waals surface area contributed by atoms with Crippen molar-refractivity contribution in [1.82, 2.24) is 5.32 Å². The van der Waals surface area contributed by atoms with E-state index in [1.807, 2.05) is 24.5 Å². The van der Waals surface area contributed by atoms with Crippen molar-refractivity contribution in [3.8, 4) is 0 Å². The van der Waals surface area contributed by atoms with Crippen LogP contribution in [-0.2, 0) is 4.79 Å². The molecule has 1 aromatic rings. The zero-order valence-electron chi connectivity index (χ0n) is 10.7. The molecule has 0 bridgehead atoms. The van der Waals surface area contributed by atoms with Gasteiger partial charge in [-0.05, 0) is 43.8 Å². The third kappa shape index (κ3) is 4.56. The Bertz CT molecular complexity index is 437. The van der Waals surface area contributed by atoms with Crippen LogP contribution in [0.1, 0.15) is 12.8 Å². The maximum atomic E-state index is 12.0. The number of amides is 1. The molecule has 0 saturated carbocycles. The summed E-state index contributed by atoms with van der Waals surface area (Å²) in [6.07, 6.45) is 3.99. The van der Waals surface area contributed by atoms with E-state index >= 15 is 0 Å². The van der Waals surface area contributed by atoms with Crippen molar-refractivity contribution >= 4 is 47.4 Å². The first-order chi connectivity index (χ1) is 8.70. The molecule has 6 heteroatoms. The van der Waals surface area contributed by atoms with Crippen LogP contribution >= 0.6 is 35.8 Å². The van der Waals surface area contributed by atoms with Crippen LogP contribution in [0.5, 0.6) is 0 Å². The van der Waals surface area contributed by atoms with Gasteiger partial charge in [0.15, 0.2) is 0 Å². The molecule has 1 aromatic carbocycles. The van der Waals surface area contributed by atoms with E-state index in [0.29, 0.717) is 5.02 Å². The average molecular weight is 321 g/mol. The summed E-state index contributed by atoms with van der Waals surface area (Å²) in [4.78, 5) is 13.1. The Morgan fingerprint density at radius 3 is 2.89 bits per heavy atom. The molecule has 1 aliphatic heterocycles. The van der Waals surface area contributed by atoms with E-state index in [1.54, 1.807) is 11.8 Å². The van der Waals surface area contributed by atoms with Gasteiger partial charge in [0.2, 0.25) is 5.91 Å². The highest BCUT2D eigenvalue weighted by molar-refractivity contribution is 7.98. The van der Waals surface area contributed by atoms with Crippen LogP contribution in [-0.4, -0.2) is 25.3 Å². The highest BCUT2D eigenvalue weighted by Gasteiger charge is 2.20. The summed E-state index contributed by atoms with van der Waals surface area (Å²) in [6.45, 7) is 1.78. The van der Waals surface area contributed by atoms with Gasteiger partial charge in [-0.2, -0.15) is 0 Å². The zero-order valence-corrected chi connectivity index (χ0v) is 13.1. The molecule has 1 saturated heterocycles. The van der Waals surface area contributed by atoms with Gasteiger partial charge in [0.25, 0.3) is 0 Å². The number of thioether (sulfide) groups is 1. The third-order valence-corrected chi connectivity index (χ3v) is 4.31. The van der Waals surface area contributed by atoms with Crippen molar-refractivity contribution < 1.29 is 4.79 Å². The maximum Gasteiger partial charge on any atom is 0.228 e. The number of rotatable bonds is 3. The molecule has 0 aliphatic carbocycles. The van der Waals surface area contributed by atoms with Crippen molar-refractivity contribution in [2.75, 3.05) is 24.7 Å². The summed E-state index contributed by atoms with van der Waals surface area (Å²) in [5, 5.41) is 6.85. The van der Waals surface area contributed by atoms with Gasteiger partial charge < -0.3 is 10.6 Å². The van der Waals surface area contributed by atoms with Crippen molar-refractivity contribution in [1.29, 1.82) is 0 Å². The van der Waals surface area contributed by atoms with E-state index in [4.69, 9.17) is 11.6 Å². The molecule has 1 amide bonds. The molecule has 1 aliphatic rings. The number of benzene rings is 1. The Hall–Kier alpha value is -0.420. The second-order valence-electron chi connectivity index (χ2n) is 4.38. The molecule has 2 rings (SSSR count). The minimum atomic E-state index is 0. The van der Waals surface area contributed by atoms with E-state index in [0.717, 1.165) is 36.5 Å². The fourth-order valence-corrected chi connectivity index (χ4v) is 2.93. The van der Waals surface area contributed by atoms with Gasteiger partial charge in [0, 0.05) is 17.1 Å². The largest absolute Gasteiger partial charge is 0.326 e. The molecule has 19 heavy (non-hydrogen) atoms. The Labute approximate surface area is 129 Å². The normalized spacial score (nSPS) is 18.5. The van der Waals surface area contributed by atoms with Crippen molar-refractivity contribution in [3.63, 3.8) is 0 Å². The number of anilines is 1. The van der Waals surface area contributed by atoms with Gasteiger partial charge in [-0.15, -0.1) is 24.2 Å². The van der Waals surface area contributed by atoms with Crippen molar-refractivity contribution in [3.05, 3.63) is 23.2 Å². The monoisotopic (exact) mass is 320 g/mol. The fourth-order valence-electron chi connectivity index (χ4n) is 2.06. The van der Waals surface area contributed by atoms with E-state index < -0.39 is 0 Å². The average Bonchev–Trinajstić information content (AvgIpc) is 2.40. The Morgan fingerprint density at radius 2 is 2.32 bits per heavy atom. The zero-order chi connectivity index (χ0) is 13.0. The first kappa shape index (κ1) is 16.6. The number of halogens is 2. The van der Waals surface area contributed by atoms with Crippen LogP contribution in [0.4, 0.5) is 5.69 Å². The summed E-state index contributed by atoms with van der Waals surface area (Å²) in [6, 6.07) is 5.63. The number of carbonyl (C=O) groups excluding carboxylic acids is 1. The molecule has 106 valence electrons. The lowest BCUT2D eigenvalue weighted by Crippen LogP contribution is -2.37. The summed E-state index contributed by atoms with van der Waals surface area (Å²) in [5.41, 5.74) is 0.772. The van der Waals surface area contributed by atoms with Gasteiger partial charge in [0.1, 0.15) is 0 Å². The van der Waals surface area contributed by atoms with E-state index in [9.17, 15) is 4.79 Å². The number of hydrogen-bond donors (Lipinski definition) is 2. The van der Waals surface area contributed by atoms with Gasteiger partial charge >= 0.3 is 0 Å². The molecule has 1 fully saturated rings. The topological polar surface area (TPSA) is 41.1 Å². The number of nitrogens with one attached hydrogen (secondary N) is 2. The Kier molecular flexibility index (Phi) is 7.00. The molecular weight excluding hydrogens is 303 g/mol. The summed E-state index contributed by atoms with van der Waals surface area (Å²) >= 11 is 7.71. The minimum absolute atomic E-state index is 0. The molecular formula is C13H18Cl2N2OS. The van der Waals surface area contributed by atoms with E-state index in [2.05, 4.69) is 10.6 Å². The van der Waals surface area contributed by atoms with Gasteiger partial charge in [-0.1, -0.05) is 11.6 Å². The van der Waals surface area contributed by atoms with E-state index in [-0.39, 0.29) is 24.2 Å². The predicted octanol–water partition coefficient (Wildman–Crippen LogP) is 3.42. The summed E-state index contributed by atoms with van der Waals surface area (Å²) < 4.78 is 0.